The molecule has 0 saturated heterocycles. The molecule has 2 atom stereocenters. The fraction of sp³-hybridized carbons (Fsp3) is 0.304. The standard InChI is InChI=1S/C23H24N2O4S/c1-16(26)30-15-20(12-17-6-4-3-5-7-17)22(27)25-21(23(28)29-2)13-18-8-10-19(14-24)11-9-18/h3-11,20-21H,12-13,15H2,1-2H3,(H,25,27)/t20-,21?/m1/s1. The minimum absolute atomic E-state index is 0.0667. The number of carbonyl (C=O) groups is 3. The summed E-state index contributed by atoms with van der Waals surface area (Å²) in [6, 6.07) is 17.5. The lowest BCUT2D eigenvalue weighted by Crippen LogP contribution is -2.46. The Labute approximate surface area is 180 Å². The van der Waals surface area contributed by atoms with Gasteiger partial charge in [-0.1, -0.05) is 54.2 Å². The van der Waals surface area contributed by atoms with Crippen molar-refractivity contribution >= 4 is 28.8 Å². The molecule has 1 N–H and O–H groups in total. The first-order chi connectivity index (χ1) is 14.4. The zero-order valence-electron chi connectivity index (χ0n) is 17.0. The van der Waals surface area contributed by atoms with E-state index in [1.165, 1.54) is 14.0 Å². The van der Waals surface area contributed by atoms with Gasteiger partial charge < -0.3 is 10.1 Å². The maximum atomic E-state index is 13.0. The molecule has 7 heteroatoms. The molecule has 0 aliphatic rings. The van der Waals surface area contributed by atoms with Gasteiger partial charge >= 0.3 is 5.97 Å². The van der Waals surface area contributed by atoms with Crippen LogP contribution in [0.4, 0.5) is 0 Å². The lowest BCUT2D eigenvalue weighted by molar-refractivity contribution is -0.145. The van der Waals surface area contributed by atoms with Crippen molar-refractivity contribution in [1.29, 1.82) is 5.26 Å². The first-order valence-electron chi connectivity index (χ1n) is 9.47. The minimum Gasteiger partial charge on any atom is -0.467 e. The molecule has 0 spiro atoms. The topological polar surface area (TPSA) is 96.3 Å². The quantitative estimate of drug-likeness (QED) is 0.622. The van der Waals surface area contributed by atoms with E-state index in [-0.39, 0.29) is 17.4 Å². The number of amides is 1. The number of benzene rings is 2. The molecule has 2 aromatic carbocycles. The molecule has 0 heterocycles. The van der Waals surface area contributed by atoms with Gasteiger partial charge in [-0.25, -0.2) is 4.79 Å². The van der Waals surface area contributed by atoms with E-state index in [4.69, 9.17) is 10.00 Å². The van der Waals surface area contributed by atoms with Crippen LogP contribution in [0.5, 0.6) is 0 Å². The van der Waals surface area contributed by atoms with E-state index in [0.29, 0.717) is 17.7 Å². The molecule has 6 nitrogen and oxygen atoms in total. The van der Waals surface area contributed by atoms with Crippen molar-refractivity contribution < 1.29 is 19.1 Å². The molecule has 0 fully saturated rings. The monoisotopic (exact) mass is 424 g/mol. The van der Waals surface area contributed by atoms with Crippen molar-refractivity contribution in [3.05, 3.63) is 71.3 Å². The van der Waals surface area contributed by atoms with Crippen LogP contribution in [0.1, 0.15) is 23.6 Å². The van der Waals surface area contributed by atoms with Crippen molar-refractivity contribution in [2.24, 2.45) is 5.92 Å². The van der Waals surface area contributed by atoms with Crippen LogP contribution < -0.4 is 5.32 Å². The Hall–Kier alpha value is -3.11. The van der Waals surface area contributed by atoms with E-state index >= 15 is 0 Å². The Kier molecular flexibility index (Phi) is 9.10. The molecule has 30 heavy (non-hydrogen) atoms. The number of carbonyl (C=O) groups excluding carboxylic acids is 3. The van der Waals surface area contributed by atoms with Crippen molar-refractivity contribution in [2.45, 2.75) is 25.8 Å². The number of nitriles is 1. The van der Waals surface area contributed by atoms with Crippen LogP contribution in [0.25, 0.3) is 0 Å². The van der Waals surface area contributed by atoms with Crippen LogP contribution in [0.3, 0.4) is 0 Å². The van der Waals surface area contributed by atoms with Crippen LogP contribution in [0.15, 0.2) is 54.6 Å². The Morgan fingerprint density at radius 3 is 2.23 bits per heavy atom. The van der Waals surface area contributed by atoms with Gasteiger partial charge in [0.2, 0.25) is 5.91 Å². The predicted molar refractivity (Wildman–Crippen MR) is 116 cm³/mol. The largest absolute Gasteiger partial charge is 0.467 e. The average Bonchev–Trinajstić information content (AvgIpc) is 2.76. The molecule has 2 rings (SSSR count). The molecular formula is C23H24N2O4S. The van der Waals surface area contributed by atoms with Crippen molar-refractivity contribution in [2.75, 3.05) is 12.9 Å². The van der Waals surface area contributed by atoms with E-state index < -0.39 is 17.9 Å². The third kappa shape index (κ3) is 7.37. The summed E-state index contributed by atoms with van der Waals surface area (Å²) in [6.45, 7) is 1.46. The first kappa shape index (κ1) is 23.2. The third-order valence-corrected chi connectivity index (χ3v) is 5.48. The van der Waals surface area contributed by atoms with Gasteiger partial charge in [0.15, 0.2) is 5.12 Å². The maximum Gasteiger partial charge on any atom is 0.328 e. The van der Waals surface area contributed by atoms with E-state index in [1.807, 2.05) is 36.4 Å². The third-order valence-electron chi connectivity index (χ3n) is 4.51. The Balaban J connectivity index is 2.14. The number of nitrogens with zero attached hydrogens (tertiary/aromatic N) is 1. The van der Waals surface area contributed by atoms with E-state index in [2.05, 4.69) is 5.32 Å². The maximum absolute atomic E-state index is 13.0. The zero-order chi connectivity index (χ0) is 21.9. The number of rotatable bonds is 9. The zero-order valence-corrected chi connectivity index (χ0v) is 17.8. The van der Waals surface area contributed by atoms with E-state index in [1.54, 1.807) is 24.3 Å². The van der Waals surface area contributed by atoms with Gasteiger partial charge in [0.05, 0.1) is 24.7 Å². The lowest BCUT2D eigenvalue weighted by Gasteiger charge is -2.21. The van der Waals surface area contributed by atoms with Crippen LogP contribution in [-0.4, -0.2) is 35.9 Å². The van der Waals surface area contributed by atoms with Gasteiger partial charge in [-0.05, 0) is 29.7 Å². The van der Waals surface area contributed by atoms with Gasteiger partial charge in [-0.15, -0.1) is 0 Å². The summed E-state index contributed by atoms with van der Waals surface area (Å²) in [7, 11) is 1.27. The molecular weight excluding hydrogens is 400 g/mol. The summed E-state index contributed by atoms with van der Waals surface area (Å²) in [4.78, 5) is 36.7. The number of nitrogens with one attached hydrogen (secondary N) is 1. The number of ether oxygens (including phenoxy) is 1. The number of hydrogen-bond donors (Lipinski definition) is 1. The molecule has 0 saturated carbocycles. The lowest BCUT2D eigenvalue weighted by atomic mass is 9.98. The molecule has 1 unspecified atom stereocenters. The Morgan fingerprint density at radius 2 is 1.67 bits per heavy atom. The number of esters is 1. The average molecular weight is 425 g/mol. The molecule has 156 valence electrons. The molecule has 2 aromatic rings. The van der Waals surface area contributed by atoms with Crippen LogP contribution in [0.2, 0.25) is 0 Å². The second-order valence-electron chi connectivity index (χ2n) is 6.79. The second kappa shape index (κ2) is 11.8. The van der Waals surface area contributed by atoms with Gasteiger partial charge in [-0.3, -0.25) is 9.59 Å². The van der Waals surface area contributed by atoms with Crippen LogP contribution >= 0.6 is 11.8 Å². The van der Waals surface area contributed by atoms with E-state index in [9.17, 15) is 14.4 Å². The summed E-state index contributed by atoms with van der Waals surface area (Å²) >= 11 is 1.09. The van der Waals surface area contributed by atoms with E-state index in [0.717, 1.165) is 22.9 Å². The fourth-order valence-corrected chi connectivity index (χ4v) is 3.63. The summed E-state index contributed by atoms with van der Waals surface area (Å²) in [5.74, 6) is -1.02. The van der Waals surface area contributed by atoms with Crippen molar-refractivity contribution in [3.63, 3.8) is 0 Å². The number of thioether (sulfide) groups is 1. The highest BCUT2D eigenvalue weighted by molar-refractivity contribution is 8.13. The summed E-state index contributed by atoms with van der Waals surface area (Å²) in [5.41, 5.74) is 2.28. The van der Waals surface area contributed by atoms with Gasteiger partial charge in [0.25, 0.3) is 0 Å². The first-order valence-corrected chi connectivity index (χ1v) is 10.5. The van der Waals surface area contributed by atoms with Crippen molar-refractivity contribution in [3.8, 4) is 6.07 Å². The van der Waals surface area contributed by atoms with Crippen LogP contribution in [0, 0.1) is 17.2 Å². The number of methoxy groups -OCH3 is 1. The molecule has 0 radical (unpaired) electrons. The fourth-order valence-electron chi connectivity index (χ4n) is 2.92. The number of hydrogen-bond acceptors (Lipinski definition) is 6. The summed E-state index contributed by atoms with van der Waals surface area (Å²) in [6.07, 6.45) is 0.694. The predicted octanol–water partition coefficient (Wildman–Crippen LogP) is 2.90. The van der Waals surface area contributed by atoms with Gasteiger partial charge in [0, 0.05) is 19.1 Å². The Morgan fingerprint density at radius 1 is 1.03 bits per heavy atom. The van der Waals surface area contributed by atoms with Gasteiger partial charge in [-0.2, -0.15) is 5.26 Å². The summed E-state index contributed by atoms with van der Waals surface area (Å²) in [5, 5.41) is 11.6. The highest BCUT2D eigenvalue weighted by atomic mass is 32.2. The highest BCUT2D eigenvalue weighted by Gasteiger charge is 2.27. The normalized spacial score (nSPS) is 12.3. The molecule has 0 aliphatic heterocycles. The highest BCUT2D eigenvalue weighted by Crippen LogP contribution is 2.17. The molecule has 0 bridgehead atoms. The summed E-state index contributed by atoms with van der Waals surface area (Å²) < 4.78 is 4.86. The molecule has 0 aromatic heterocycles. The second-order valence-corrected chi connectivity index (χ2v) is 7.98. The molecule has 1 amide bonds. The molecule has 0 aliphatic carbocycles. The Bertz CT molecular complexity index is 907. The van der Waals surface area contributed by atoms with Crippen molar-refractivity contribution in [1.82, 2.24) is 5.32 Å². The SMILES string of the molecule is COC(=O)C(Cc1ccc(C#N)cc1)NC(=O)[C@@H](CSC(C)=O)Cc1ccccc1. The minimum atomic E-state index is -0.865. The van der Waals surface area contributed by atoms with Crippen LogP contribution in [-0.2, 0) is 32.0 Å². The van der Waals surface area contributed by atoms with Gasteiger partial charge in [0.1, 0.15) is 6.04 Å². The smallest absolute Gasteiger partial charge is 0.328 e.